The molecule has 0 radical (unpaired) electrons. The van der Waals surface area contributed by atoms with Gasteiger partial charge < -0.3 is 21.9 Å². The summed E-state index contributed by atoms with van der Waals surface area (Å²) in [4.78, 5) is 18.5. The fraction of sp³-hybridized carbons (Fsp3) is 0. The molecule has 0 aromatic carbocycles. The topological polar surface area (TPSA) is 168 Å². The molecule has 0 saturated carbocycles. The standard InChI is InChI=1S/C7H4N2O.4H2O/c10-5-1-2-6-7(3-5)9-4-8-6;;;;/h1-4H;4*1H2. The number of nitrogens with zero attached hydrogens (tertiary/aromatic N) is 2. The van der Waals surface area contributed by atoms with Crippen LogP contribution in [-0.4, -0.2) is 39.7 Å². The number of carbonyl (C=O) groups excluding carboxylic acids is 1. The number of allylic oxidation sites excluding steroid dienone is 3. The molecule has 0 bridgehead atoms. The van der Waals surface area contributed by atoms with Crippen LogP contribution in [0.25, 0.3) is 0 Å². The van der Waals surface area contributed by atoms with Crippen LogP contribution < -0.4 is 0 Å². The molecule has 7 nitrogen and oxygen atoms in total. The van der Waals surface area contributed by atoms with E-state index in [1.165, 1.54) is 18.5 Å². The molecule has 0 saturated heterocycles. The number of fused-ring (bicyclic) bond motifs is 1. The van der Waals surface area contributed by atoms with Crippen molar-refractivity contribution >= 4 is 17.8 Å². The van der Waals surface area contributed by atoms with Crippen molar-refractivity contribution in [2.45, 2.75) is 0 Å². The van der Waals surface area contributed by atoms with E-state index >= 15 is 0 Å². The third-order valence-electron chi connectivity index (χ3n) is 1.34. The Morgan fingerprint density at radius 1 is 1.00 bits per heavy atom. The Balaban J connectivity index is -0.000000302. The van der Waals surface area contributed by atoms with Crippen molar-refractivity contribution in [2.24, 2.45) is 9.98 Å². The minimum atomic E-state index is -0.0204. The van der Waals surface area contributed by atoms with Crippen LogP contribution in [0.15, 0.2) is 33.9 Å². The molecule has 0 spiro atoms. The number of ketones is 1. The third kappa shape index (κ3) is 2.99. The van der Waals surface area contributed by atoms with E-state index in [0.29, 0.717) is 5.70 Å². The number of rotatable bonds is 0. The lowest BCUT2D eigenvalue weighted by Crippen LogP contribution is -2.02. The van der Waals surface area contributed by atoms with Crippen molar-refractivity contribution in [2.75, 3.05) is 0 Å². The van der Waals surface area contributed by atoms with Crippen molar-refractivity contribution in [1.29, 1.82) is 0 Å². The Bertz CT molecular complexity index is 316. The van der Waals surface area contributed by atoms with E-state index in [-0.39, 0.29) is 27.7 Å². The fourth-order valence-electron chi connectivity index (χ4n) is 0.869. The van der Waals surface area contributed by atoms with Crippen LogP contribution in [0.1, 0.15) is 0 Å². The Hall–Kier alpha value is -1.67. The van der Waals surface area contributed by atoms with E-state index in [1.807, 2.05) is 0 Å². The fourth-order valence-corrected chi connectivity index (χ4v) is 0.869. The molecule has 0 atom stereocenters. The second kappa shape index (κ2) is 6.80. The molecular formula is C7H12N2O5. The molecule has 0 aromatic heterocycles. The minimum absolute atomic E-state index is 0. The van der Waals surface area contributed by atoms with E-state index in [4.69, 9.17) is 0 Å². The van der Waals surface area contributed by atoms with Gasteiger partial charge in [0.1, 0.15) is 6.34 Å². The molecule has 0 aromatic rings. The summed E-state index contributed by atoms with van der Waals surface area (Å²) in [6, 6.07) is 0. The number of hydrogen-bond donors (Lipinski definition) is 0. The zero-order valence-electron chi connectivity index (χ0n) is 7.11. The van der Waals surface area contributed by atoms with Crippen molar-refractivity contribution in [3.8, 4) is 0 Å². The smallest absolute Gasteiger partial charge is 0.180 e. The summed E-state index contributed by atoms with van der Waals surface area (Å²) in [5.74, 6) is -0.0204. The Morgan fingerprint density at radius 3 is 2.29 bits per heavy atom. The highest BCUT2D eigenvalue weighted by Gasteiger charge is 2.12. The molecule has 0 fully saturated rings. The van der Waals surface area contributed by atoms with Gasteiger partial charge in [-0.1, -0.05) is 0 Å². The Morgan fingerprint density at radius 2 is 1.64 bits per heavy atom. The van der Waals surface area contributed by atoms with Crippen LogP contribution in [0.5, 0.6) is 0 Å². The van der Waals surface area contributed by atoms with Gasteiger partial charge in [0.15, 0.2) is 5.78 Å². The van der Waals surface area contributed by atoms with Crippen LogP contribution >= 0.6 is 0 Å². The van der Waals surface area contributed by atoms with Gasteiger partial charge in [-0.05, 0) is 12.2 Å². The second-order valence-corrected chi connectivity index (χ2v) is 2.02. The molecule has 1 aliphatic carbocycles. The van der Waals surface area contributed by atoms with Gasteiger partial charge in [-0.3, -0.25) is 4.79 Å². The number of hydrogen-bond acceptors (Lipinski definition) is 3. The summed E-state index contributed by atoms with van der Waals surface area (Å²) in [5.41, 5.74) is 1.45. The molecule has 1 aliphatic heterocycles. The zero-order valence-corrected chi connectivity index (χ0v) is 7.11. The maximum absolute atomic E-state index is 10.7. The first-order valence-electron chi connectivity index (χ1n) is 2.91. The van der Waals surface area contributed by atoms with E-state index in [9.17, 15) is 4.79 Å². The third-order valence-corrected chi connectivity index (χ3v) is 1.34. The van der Waals surface area contributed by atoms with Crippen molar-refractivity contribution < 1.29 is 26.7 Å². The van der Waals surface area contributed by atoms with Gasteiger partial charge in [0.25, 0.3) is 0 Å². The van der Waals surface area contributed by atoms with Crippen molar-refractivity contribution in [3.63, 3.8) is 0 Å². The number of aliphatic imine (C=N–C) groups is 2. The summed E-state index contributed by atoms with van der Waals surface area (Å²) in [6.45, 7) is 0. The summed E-state index contributed by atoms with van der Waals surface area (Å²) in [6.07, 6.45) is 6.08. The SMILES string of the molecule is O.O.O.O.O=C1C=CC2=NC=NC2=C1. The first-order chi connectivity index (χ1) is 4.86. The van der Waals surface area contributed by atoms with Gasteiger partial charge in [-0.25, -0.2) is 9.98 Å². The predicted molar refractivity (Wildman–Crippen MR) is 52.6 cm³/mol. The highest BCUT2D eigenvalue weighted by atomic mass is 16.1. The van der Waals surface area contributed by atoms with Gasteiger partial charge in [-0.15, -0.1) is 0 Å². The lowest BCUT2D eigenvalue weighted by Gasteiger charge is -1.97. The van der Waals surface area contributed by atoms with Gasteiger partial charge in [0, 0.05) is 6.08 Å². The molecule has 2 rings (SSSR count). The van der Waals surface area contributed by atoms with Gasteiger partial charge in [0.05, 0.1) is 11.4 Å². The molecular weight excluding hydrogens is 192 g/mol. The van der Waals surface area contributed by atoms with E-state index in [2.05, 4.69) is 9.98 Å². The molecule has 80 valence electrons. The number of carbonyl (C=O) groups is 1. The van der Waals surface area contributed by atoms with Crippen molar-refractivity contribution in [1.82, 2.24) is 0 Å². The molecule has 8 N–H and O–H groups in total. The van der Waals surface area contributed by atoms with Gasteiger partial charge in [-0.2, -0.15) is 0 Å². The highest BCUT2D eigenvalue weighted by Crippen LogP contribution is 2.11. The average molecular weight is 204 g/mol. The first kappa shape index (κ1) is 18.2. The molecule has 0 unspecified atom stereocenters. The monoisotopic (exact) mass is 204 g/mol. The van der Waals surface area contributed by atoms with Gasteiger partial charge in [0.2, 0.25) is 0 Å². The normalized spacial score (nSPS) is 14.7. The highest BCUT2D eigenvalue weighted by molar-refractivity contribution is 6.22. The molecule has 7 heteroatoms. The first-order valence-corrected chi connectivity index (χ1v) is 2.91. The van der Waals surface area contributed by atoms with E-state index in [1.54, 1.807) is 6.08 Å². The van der Waals surface area contributed by atoms with E-state index < -0.39 is 0 Å². The van der Waals surface area contributed by atoms with E-state index in [0.717, 1.165) is 5.71 Å². The van der Waals surface area contributed by atoms with Gasteiger partial charge >= 0.3 is 0 Å². The Kier molecular flexibility index (Phi) is 8.84. The Labute approximate surface area is 79.4 Å². The average Bonchev–Trinajstić information content (AvgIpc) is 2.33. The lowest BCUT2D eigenvalue weighted by molar-refractivity contribution is -0.110. The predicted octanol–water partition coefficient (Wildman–Crippen LogP) is -2.81. The molecule has 2 aliphatic rings. The zero-order chi connectivity index (χ0) is 6.97. The summed E-state index contributed by atoms with van der Waals surface area (Å²) < 4.78 is 0. The largest absolute Gasteiger partial charge is 0.412 e. The molecule has 1 heterocycles. The summed E-state index contributed by atoms with van der Waals surface area (Å²) in [5, 5.41) is 0. The summed E-state index contributed by atoms with van der Waals surface area (Å²) >= 11 is 0. The van der Waals surface area contributed by atoms with Crippen LogP contribution in [-0.2, 0) is 4.79 Å². The lowest BCUT2D eigenvalue weighted by atomic mass is 10.1. The van der Waals surface area contributed by atoms with Crippen LogP contribution in [0.2, 0.25) is 0 Å². The van der Waals surface area contributed by atoms with Crippen LogP contribution in [0.3, 0.4) is 0 Å². The van der Waals surface area contributed by atoms with Crippen molar-refractivity contribution in [3.05, 3.63) is 23.9 Å². The molecule has 14 heavy (non-hydrogen) atoms. The minimum Gasteiger partial charge on any atom is -0.412 e. The summed E-state index contributed by atoms with van der Waals surface area (Å²) in [7, 11) is 0. The van der Waals surface area contributed by atoms with Crippen LogP contribution in [0.4, 0.5) is 0 Å². The molecule has 0 amide bonds. The van der Waals surface area contributed by atoms with Crippen LogP contribution in [0, 0.1) is 0 Å². The second-order valence-electron chi connectivity index (χ2n) is 2.02. The maximum atomic E-state index is 10.7. The maximum Gasteiger partial charge on any atom is 0.180 e. The quantitative estimate of drug-likeness (QED) is 0.382.